The van der Waals surface area contributed by atoms with E-state index in [-0.39, 0.29) is 17.9 Å². The van der Waals surface area contributed by atoms with Crippen LogP contribution in [0.4, 0.5) is 0 Å². The second-order valence-corrected chi connectivity index (χ2v) is 13.0. The molecule has 1 saturated heterocycles. The Labute approximate surface area is 275 Å². The first-order valence-corrected chi connectivity index (χ1v) is 16.3. The molecule has 7 nitrogen and oxygen atoms in total. The normalized spacial score (nSPS) is 15.1. The van der Waals surface area contributed by atoms with Gasteiger partial charge in [-0.2, -0.15) is 0 Å². The minimum Gasteiger partial charge on any atom is -0.339 e. The second kappa shape index (κ2) is 14.4. The van der Waals surface area contributed by atoms with Crippen LogP contribution in [0.5, 0.6) is 0 Å². The number of aromatic nitrogens is 3. The smallest absolute Gasteiger partial charge is 0.255 e. The van der Waals surface area contributed by atoms with Crippen molar-refractivity contribution in [3.63, 3.8) is 0 Å². The molecule has 2 heterocycles. The van der Waals surface area contributed by atoms with Gasteiger partial charge in [-0.05, 0) is 55.3 Å². The van der Waals surface area contributed by atoms with Gasteiger partial charge in [-0.1, -0.05) is 88.5 Å². The summed E-state index contributed by atoms with van der Waals surface area (Å²) in [7, 11) is 0. The highest BCUT2D eigenvalue weighted by atomic mass is 35.5. The van der Waals surface area contributed by atoms with Gasteiger partial charge < -0.3 is 9.80 Å². The van der Waals surface area contributed by atoms with Crippen LogP contribution < -0.4 is 0 Å². The predicted octanol–water partition coefficient (Wildman–Crippen LogP) is 7.72. The summed E-state index contributed by atoms with van der Waals surface area (Å²) in [5, 5.41) is 11.4. The Bertz CT molecular complexity index is 1620. The number of carbonyl (C=O) groups is 2. The van der Waals surface area contributed by atoms with Crippen molar-refractivity contribution in [2.24, 2.45) is 0 Å². The van der Waals surface area contributed by atoms with Gasteiger partial charge in [0.2, 0.25) is 5.91 Å². The zero-order valence-electron chi connectivity index (χ0n) is 23.4. The Morgan fingerprint density at radius 1 is 0.907 bits per heavy atom. The number of nitrogens with zero attached hydrogens (tertiary/aromatic N) is 5. The van der Waals surface area contributed by atoms with Crippen LogP contribution in [0.1, 0.15) is 41.5 Å². The van der Waals surface area contributed by atoms with Gasteiger partial charge in [0.1, 0.15) is 5.82 Å². The molecule has 1 fully saturated rings. The van der Waals surface area contributed by atoms with Crippen LogP contribution in [0.3, 0.4) is 0 Å². The molecule has 4 aromatic rings. The molecule has 5 rings (SSSR count). The third-order valence-electron chi connectivity index (χ3n) is 7.24. The fraction of sp³-hybridized carbons (Fsp3) is 0.290. The van der Waals surface area contributed by atoms with E-state index in [1.165, 1.54) is 0 Å². The highest BCUT2D eigenvalue weighted by molar-refractivity contribution is 7.99. The van der Waals surface area contributed by atoms with E-state index in [9.17, 15) is 9.59 Å². The number of benzene rings is 3. The summed E-state index contributed by atoms with van der Waals surface area (Å²) in [6.45, 7) is 3.33. The third-order valence-corrected chi connectivity index (χ3v) is 9.54. The molecule has 2 amide bonds. The third kappa shape index (κ3) is 7.67. The van der Waals surface area contributed by atoms with Crippen molar-refractivity contribution in [2.75, 3.05) is 25.4 Å². The Morgan fingerprint density at radius 2 is 1.70 bits per heavy atom. The number of hydrogen-bond acceptors (Lipinski definition) is 5. The molecule has 0 bridgehead atoms. The van der Waals surface area contributed by atoms with E-state index < -0.39 is 0 Å². The van der Waals surface area contributed by atoms with Gasteiger partial charge in [0.25, 0.3) is 5.91 Å². The summed E-state index contributed by atoms with van der Waals surface area (Å²) in [6.07, 6.45) is 1.66. The fourth-order valence-corrected chi connectivity index (χ4v) is 6.71. The monoisotopic (exact) mass is 675 g/mol. The molecular weight excluding hydrogens is 648 g/mol. The van der Waals surface area contributed by atoms with Gasteiger partial charge in [-0.25, -0.2) is 0 Å². The first-order chi connectivity index (χ1) is 20.7. The van der Waals surface area contributed by atoms with Crippen LogP contribution in [0, 0.1) is 0 Å². The van der Waals surface area contributed by atoms with Gasteiger partial charge in [0, 0.05) is 49.3 Å². The zero-order chi connectivity index (χ0) is 30.5. The van der Waals surface area contributed by atoms with Gasteiger partial charge >= 0.3 is 0 Å². The molecule has 224 valence electrons. The van der Waals surface area contributed by atoms with E-state index in [2.05, 4.69) is 22.3 Å². The Morgan fingerprint density at radius 3 is 2.42 bits per heavy atom. The molecule has 43 heavy (non-hydrogen) atoms. The highest BCUT2D eigenvalue weighted by Crippen LogP contribution is 2.30. The predicted molar refractivity (Wildman–Crippen MR) is 174 cm³/mol. The van der Waals surface area contributed by atoms with Crippen LogP contribution in [0.15, 0.2) is 71.9 Å². The maximum absolute atomic E-state index is 13.1. The van der Waals surface area contributed by atoms with Crippen LogP contribution in [0.2, 0.25) is 20.1 Å². The number of carbonyl (C=O) groups excluding carboxylic acids is 2. The lowest BCUT2D eigenvalue weighted by Crippen LogP contribution is -2.55. The number of rotatable bonds is 9. The molecule has 1 atom stereocenters. The molecule has 1 unspecified atom stereocenters. The van der Waals surface area contributed by atoms with Crippen molar-refractivity contribution in [1.82, 2.24) is 24.6 Å². The van der Waals surface area contributed by atoms with E-state index in [1.54, 1.807) is 40.9 Å². The lowest BCUT2D eigenvalue weighted by atomic mass is 10.1. The maximum Gasteiger partial charge on any atom is 0.255 e. The zero-order valence-corrected chi connectivity index (χ0v) is 27.2. The molecule has 0 spiro atoms. The summed E-state index contributed by atoms with van der Waals surface area (Å²) in [5.74, 6) is 1.37. The van der Waals surface area contributed by atoms with Crippen molar-refractivity contribution in [3.8, 4) is 5.69 Å². The molecular formula is C31H29Cl4N5O2S. The second-order valence-electron chi connectivity index (χ2n) is 10.3. The molecule has 0 saturated carbocycles. The molecule has 1 aliphatic rings. The molecule has 0 aliphatic carbocycles. The Kier molecular flexibility index (Phi) is 10.6. The summed E-state index contributed by atoms with van der Waals surface area (Å²) in [4.78, 5) is 29.8. The lowest BCUT2D eigenvalue weighted by Gasteiger charge is -2.40. The minimum atomic E-state index is -0.157. The molecule has 12 heteroatoms. The Hall–Kier alpha value is -2.75. The average Bonchev–Trinajstić information content (AvgIpc) is 3.38. The average molecular weight is 677 g/mol. The summed E-state index contributed by atoms with van der Waals surface area (Å²) in [6, 6.07) is 20.3. The highest BCUT2D eigenvalue weighted by Gasteiger charge is 2.31. The van der Waals surface area contributed by atoms with Gasteiger partial charge in [-0.15, -0.1) is 10.2 Å². The van der Waals surface area contributed by atoms with E-state index >= 15 is 0 Å². The molecule has 0 radical (unpaired) electrons. The summed E-state index contributed by atoms with van der Waals surface area (Å²) >= 11 is 26.3. The van der Waals surface area contributed by atoms with Gasteiger partial charge in [-0.3, -0.25) is 14.2 Å². The quantitative estimate of drug-likeness (QED) is 0.134. The van der Waals surface area contributed by atoms with Crippen molar-refractivity contribution in [2.45, 2.75) is 37.4 Å². The SMILES string of the molecule is CC1CN(C(=O)CCCSc2nnc(Cc3ccccc3)n2-c2ccc(Cl)c(Cl)c2)CCN1C(=O)c1ccc(Cl)cc1Cl. The summed E-state index contributed by atoms with van der Waals surface area (Å²) < 4.78 is 1.99. The molecule has 3 aromatic carbocycles. The first-order valence-electron chi connectivity index (χ1n) is 13.8. The van der Waals surface area contributed by atoms with Crippen LogP contribution in [-0.2, 0) is 11.2 Å². The largest absolute Gasteiger partial charge is 0.339 e. The van der Waals surface area contributed by atoms with Crippen LogP contribution >= 0.6 is 58.2 Å². The van der Waals surface area contributed by atoms with Gasteiger partial charge in [0.15, 0.2) is 5.16 Å². The van der Waals surface area contributed by atoms with Crippen molar-refractivity contribution >= 4 is 70.0 Å². The Balaban J connectivity index is 1.18. The molecule has 1 aromatic heterocycles. The van der Waals surface area contributed by atoms with Crippen LogP contribution in [0.25, 0.3) is 5.69 Å². The van der Waals surface area contributed by atoms with E-state index in [0.29, 0.717) is 70.3 Å². The first kappa shape index (κ1) is 31.7. The van der Waals surface area contributed by atoms with E-state index in [0.717, 1.165) is 22.2 Å². The molecule has 1 aliphatic heterocycles. The maximum atomic E-state index is 13.1. The number of amides is 2. The number of halogens is 4. The fourth-order valence-electron chi connectivity index (χ4n) is 5.02. The number of piperazine rings is 1. The van der Waals surface area contributed by atoms with Crippen molar-refractivity contribution in [3.05, 3.63) is 104 Å². The minimum absolute atomic E-state index is 0.0693. The summed E-state index contributed by atoms with van der Waals surface area (Å²) in [5.41, 5.74) is 2.35. The standard InChI is InChI=1S/C31H29Cl4N5O2S/c1-20-19-38(13-14-39(20)30(42)24-11-9-22(32)17-26(24)34)29(41)8-5-15-43-31-37-36-28(16-21-6-3-2-4-7-21)40(31)23-10-12-25(33)27(35)18-23/h2-4,6-7,9-12,17-18,20H,5,8,13-16,19H2,1H3. The number of thioether (sulfide) groups is 1. The number of hydrogen-bond donors (Lipinski definition) is 0. The van der Waals surface area contributed by atoms with E-state index in [4.69, 9.17) is 46.4 Å². The van der Waals surface area contributed by atoms with Crippen LogP contribution in [-0.4, -0.2) is 67.8 Å². The van der Waals surface area contributed by atoms with E-state index in [1.807, 2.05) is 46.7 Å². The topological polar surface area (TPSA) is 71.3 Å². The van der Waals surface area contributed by atoms with Gasteiger partial charge in [0.05, 0.1) is 26.3 Å². The molecule has 0 N–H and O–H groups in total. The van der Waals surface area contributed by atoms with Crippen molar-refractivity contribution < 1.29 is 9.59 Å². The van der Waals surface area contributed by atoms with Crippen molar-refractivity contribution in [1.29, 1.82) is 0 Å². The lowest BCUT2D eigenvalue weighted by molar-refractivity contribution is -0.133.